The fourth-order valence-corrected chi connectivity index (χ4v) is 5.34. The third kappa shape index (κ3) is 5.65. The summed E-state index contributed by atoms with van der Waals surface area (Å²) in [6, 6.07) is 11.9. The zero-order valence-corrected chi connectivity index (χ0v) is 23.1. The highest BCUT2D eigenvalue weighted by molar-refractivity contribution is 7.07. The number of methoxy groups -OCH3 is 1. The Hall–Kier alpha value is -3.36. The number of thiazole rings is 1. The Morgan fingerprint density at radius 2 is 1.89 bits per heavy atom. The van der Waals surface area contributed by atoms with Crippen LogP contribution in [-0.2, 0) is 9.53 Å². The predicted octanol–water partition coefficient (Wildman–Crippen LogP) is 4.64. The van der Waals surface area contributed by atoms with Crippen molar-refractivity contribution in [2.75, 3.05) is 7.11 Å². The first-order valence-corrected chi connectivity index (χ1v) is 13.1. The van der Waals surface area contributed by atoms with Crippen LogP contribution >= 0.6 is 22.9 Å². The Labute approximate surface area is 224 Å². The van der Waals surface area contributed by atoms with Gasteiger partial charge in [0.1, 0.15) is 11.5 Å². The number of hydrogen-bond acceptors (Lipinski definition) is 7. The van der Waals surface area contributed by atoms with E-state index in [2.05, 4.69) is 4.99 Å². The van der Waals surface area contributed by atoms with Gasteiger partial charge in [-0.1, -0.05) is 35.1 Å². The number of rotatable bonds is 7. The van der Waals surface area contributed by atoms with Crippen molar-refractivity contribution in [2.45, 2.75) is 52.9 Å². The van der Waals surface area contributed by atoms with Crippen molar-refractivity contribution >= 4 is 35.0 Å². The fraction of sp³-hybridized carbons (Fsp3) is 0.321. The maximum atomic E-state index is 13.9. The van der Waals surface area contributed by atoms with Crippen LogP contribution < -0.4 is 24.4 Å². The van der Waals surface area contributed by atoms with Gasteiger partial charge in [0.15, 0.2) is 4.80 Å². The Bertz CT molecular complexity index is 1550. The smallest absolute Gasteiger partial charge is 0.338 e. The van der Waals surface area contributed by atoms with Crippen LogP contribution in [0.2, 0.25) is 5.02 Å². The van der Waals surface area contributed by atoms with Crippen molar-refractivity contribution in [3.63, 3.8) is 0 Å². The third-order valence-corrected chi connectivity index (χ3v) is 6.83. The molecule has 1 atom stereocenters. The van der Waals surface area contributed by atoms with Crippen molar-refractivity contribution < 1.29 is 19.0 Å². The summed E-state index contributed by atoms with van der Waals surface area (Å²) >= 11 is 7.50. The normalized spacial score (nSPS) is 15.6. The summed E-state index contributed by atoms with van der Waals surface area (Å²) in [6.45, 7) is 9.19. The van der Waals surface area contributed by atoms with E-state index < -0.39 is 12.0 Å². The number of benzene rings is 2. The molecule has 2 heterocycles. The molecule has 0 N–H and O–H groups in total. The van der Waals surface area contributed by atoms with Crippen LogP contribution in [0, 0.1) is 0 Å². The van der Waals surface area contributed by atoms with Gasteiger partial charge in [0.2, 0.25) is 0 Å². The number of hydrogen-bond donors (Lipinski definition) is 0. The molecule has 9 heteroatoms. The minimum Gasteiger partial charge on any atom is -0.497 e. The van der Waals surface area contributed by atoms with Gasteiger partial charge in [-0.3, -0.25) is 9.36 Å². The molecule has 4 rings (SSSR count). The lowest BCUT2D eigenvalue weighted by Crippen LogP contribution is -2.40. The summed E-state index contributed by atoms with van der Waals surface area (Å²) in [5.41, 5.74) is 1.92. The molecular weight excluding hydrogens is 512 g/mol. The highest BCUT2D eigenvalue weighted by atomic mass is 35.5. The number of nitrogens with zero attached hydrogens (tertiary/aromatic N) is 2. The Morgan fingerprint density at radius 1 is 1.14 bits per heavy atom. The largest absolute Gasteiger partial charge is 0.497 e. The van der Waals surface area contributed by atoms with Gasteiger partial charge in [-0.05, 0) is 76.6 Å². The second-order valence-corrected chi connectivity index (χ2v) is 10.6. The van der Waals surface area contributed by atoms with E-state index >= 15 is 0 Å². The minimum absolute atomic E-state index is 0.0558. The molecule has 0 saturated carbocycles. The van der Waals surface area contributed by atoms with Crippen LogP contribution in [0.1, 0.15) is 51.8 Å². The average Bonchev–Trinajstić information content (AvgIpc) is 3.13. The molecule has 1 aliphatic heterocycles. The zero-order chi connectivity index (χ0) is 26.9. The lowest BCUT2D eigenvalue weighted by atomic mass is 9.95. The third-order valence-electron chi connectivity index (χ3n) is 5.61. The number of fused-ring (bicyclic) bond motifs is 1. The maximum Gasteiger partial charge on any atom is 0.338 e. The molecule has 0 fully saturated rings. The molecular formula is C28H29ClN2O5S. The number of carbonyl (C=O) groups excluding carboxylic acids is 1. The van der Waals surface area contributed by atoms with Crippen LogP contribution in [-0.4, -0.2) is 29.9 Å². The quantitative estimate of drug-likeness (QED) is 0.408. The molecule has 0 saturated heterocycles. The van der Waals surface area contributed by atoms with E-state index in [-0.39, 0.29) is 17.8 Å². The molecule has 3 aromatic rings. The van der Waals surface area contributed by atoms with Crippen molar-refractivity contribution in [3.8, 4) is 11.5 Å². The number of halogens is 1. The summed E-state index contributed by atoms with van der Waals surface area (Å²) in [5, 5.41) is 0.527. The van der Waals surface area contributed by atoms with Gasteiger partial charge in [-0.15, -0.1) is 0 Å². The van der Waals surface area contributed by atoms with Crippen LogP contribution in [0.25, 0.3) is 6.08 Å². The van der Waals surface area contributed by atoms with E-state index in [1.165, 1.54) is 11.3 Å². The van der Waals surface area contributed by atoms with Crippen LogP contribution in [0.3, 0.4) is 0 Å². The summed E-state index contributed by atoms with van der Waals surface area (Å²) in [7, 11) is 1.57. The Morgan fingerprint density at radius 3 is 2.57 bits per heavy atom. The van der Waals surface area contributed by atoms with E-state index in [1.54, 1.807) is 56.7 Å². The lowest BCUT2D eigenvalue weighted by molar-refractivity contribution is -0.143. The molecule has 1 aliphatic rings. The van der Waals surface area contributed by atoms with E-state index in [9.17, 15) is 9.59 Å². The fourth-order valence-electron chi connectivity index (χ4n) is 4.12. The highest BCUT2D eigenvalue weighted by Gasteiger charge is 2.34. The maximum absolute atomic E-state index is 13.9. The van der Waals surface area contributed by atoms with E-state index in [4.69, 9.17) is 25.8 Å². The summed E-state index contributed by atoms with van der Waals surface area (Å²) < 4.78 is 18.9. The number of aromatic nitrogens is 1. The van der Waals surface area contributed by atoms with Gasteiger partial charge in [-0.2, -0.15) is 0 Å². The summed E-state index contributed by atoms with van der Waals surface area (Å²) in [6.07, 6.45) is 1.37. The first kappa shape index (κ1) is 26.7. The predicted molar refractivity (Wildman–Crippen MR) is 145 cm³/mol. The van der Waals surface area contributed by atoms with Crippen LogP contribution in [0.4, 0.5) is 0 Å². The van der Waals surface area contributed by atoms with Gasteiger partial charge < -0.3 is 14.2 Å². The lowest BCUT2D eigenvalue weighted by Gasteiger charge is -2.25. The van der Waals surface area contributed by atoms with Crippen molar-refractivity contribution in [1.29, 1.82) is 0 Å². The second-order valence-electron chi connectivity index (χ2n) is 9.16. The van der Waals surface area contributed by atoms with Gasteiger partial charge in [-0.25, -0.2) is 9.79 Å². The number of esters is 1. The molecule has 2 aromatic carbocycles. The number of carbonyl (C=O) groups is 1. The van der Waals surface area contributed by atoms with Gasteiger partial charge in [0.25, 0.3) is 5.56 Å². The Balaban J connectivity index is 1.96. The molecule has 0 amide bonds. The number of allylic oxidation sites excluding steroid dienone is 1. The molecule has 37 heavy (non-hydrogen) atoms. The Kier molecular flexibility index (Phi) is 7.90. The first-order valence-electron chi connectivity index (χ1n) is 11.9. The molecule has 0 radical (unpaired) electrons. The zero-order valence-electron chi connectivity index (χ0n) is 21.6. The van der Waals surface area contributed by atoms with Crippen molar-refractivity contribution in [2.24, 2.45) is 4.99 Å². The van der Waals surface area contributed by atoms with Crippen LogP contribution in [0.5, 0.6) is 11.5 Å². The van der Waals surface area contributed by atoms with Crippen LogP contribution in [0.15, 0.2) is 63.5 Å². The summed E-state index contributed by atoms with van der Waals surface area (Å²) in [4.78, 5) is 32.2. The minimum atomic E-state index is -0.731. The first-order chi connectivity index (χ1) is 17.6. The standard InChI is InChI=1S/C28H29ClN2O5S/c1-15(2)35-22-11-10-20(29)12-19(22)14-23-26(32)31-25(18-8-7-9-21(13-18)34-6)24(27(33)36-16(3)4)17(5)30-28(31)37-23/h7-16,25H,1-6H3/b23-14-/t25-/m1/s1. The van der Waals surface area contributed by atoms with Gasteiger partial charge in [0.05, 0.1) is 41.2 Å². The van der Waals surface area contributed by atoms with Gasteiger partial charge in [0, 0.05) is 10.6 Å². The molecule has 7 nitrogen and oxygen atoms in total. The second kappa shape index (κ2) is 10.9. The molecule has 0 spiro atoms. The molecule has 0 bridgehead atoms. The monoisotopic (exact) mass is 540 g/mol. The SMILES string of the molecule is COc1cccc([C@@H]2C(C(=O)OC(C)C)=C(C)N=c3s/c(=C\c4cc(Cl)ccc4OC(C)C)c(=O)n32)c1. The molecule has 1 aromatic heterocycles. The van der Waals surface area contributed by atoms with Crippen molar-refractivity contribution in [1.82, 2.24) is 4.57 Å². The topological polar surface area (TPSA) is 79.1 Å². The number of ether oxygens (including phenoxy) is 3. The van der Waals surface area contributed by atoms with Crippen molar-refractivity contribution in [3.05, 3.63) is 89.6 Å². The molecule has 194 valence electrons. The highest BCUT2D eigenvalue weighted by Crippen LogP contribution is 2.32. The van der Waals surface area contributed by atoms with E-state index in [0.29, 0.717) is 48.3 Å². The van der Waals surface area contributed by atoms with E-state index in [1.807, 2.05) is 38.1 Å². The average molecular weight is 541 g/mol. The summed E-state index contributed by atoms with van der Waals surface area (Å²) in [5.74, 6) is 0.716. The molecule has 0 unspecified atom stereocenters. The van der Waals surface area contributed by atoms with Gasteiger partial charge >= 0.3 is 5.97 Å². The molecule has 0 aliphatic carbocycles. The van der Waals surface area contributed by atoms with E-state index in [0.717, 1.165) is 0 Å².